The normalized spacial score (nSPS) is 19.4. The van der Waals surface area contributed by atoms with E-state index in [0.29, 0.717) is 13.2 Å². The molecule has 0 radical (unpaired) electrons. The van der Waals surface area contributed by atoms with Crippen LogP contribution in [0.4, 0.5) is 0 Å². The number of carboxylic acids is 2. The molecule has 0 aromatic carbocycles. The van der Waals surface area contributed by atoms with Gasteiger partial charge in [0, 0.05) is 26.6 Å². The molecule has 0 aliphatic carbocycles. The van der Waals surface area contributed by atoms with E-state index in [-0.39, 0.29) is 18.9 Å². The maximum atomic E-state index is 11.9. The van der Waals surface area contributed by atoms with Gasteiger partial charge in [-0.25, -0.2) is 4.79 Å². The van der Waals surface area contributed by atoms with Gasteiger partial charge in [-0.15, -0.1) is 0 Å². The van der Waals surface area contributed by atoms with Gasteiger partial charge in [0.2, 0.25) is 11.8 Å². The first-order valence-electron chi connectivity index (χ1n) is 6.36. The summed E-state index contributed by atoms with van der Waals surface area (Å²) in [7, 11) is 1.49. The fourth-order valence-corrected chi connectivity index (χ4v) is 2.03. The monoisotopic (exact) mass is 302 g/mol. The predicted molar refractivity (Wildman–Crippen MR) is 68.4 cm³/mol. The van der Waals surface area contributed by atoms with Crippen LogP contribution in [0.1, 0.15) is 12.8 Å². The van der Waals surface area contributed by atoms with Crippen LogP contribution in [0.2, 0.25) is 0 Å². The maximum absolute atomic E-state index is 11.9. The molecule has 0 spiro atoms. The van der Waals surface area contributed by atoms with Crippen LogP contribution >= 0.6 is 0 Å². The summed E-state index contributed by atoms with van der Waals surface area (Å²) in [6.45, 7) is 0.876. The summed E-state index contributed by atoms with van der Waals surface area (Å²) >= 11 is 0. The Morgan fingerprint density at radius 3 is 2.62 bits per heavy atom. The first-order valence-corrected chi connectivity index (χ1v) is 6.36. The average molecular weight is 302 g/mol. The highest BCUT2D eigenvalue weighted by Crippen LogP contribution is 2.18. The van der Waals surface area contributed by atoms with Crippen molar-refractivity contribution in [2.75, 3.05) is 26.8 Å². The third-order valence-electron chi connectivity index (χ3n) is 3.14. The maximum Gasteiger partial charge on any atom is 0.326 e. The highest BCUT2D eigenvalue weighted by molar-refractivity contribution is 5.92. The largest absolute Gasteiger partial charge is 0.481 e. The van der Waals surface area contributed by atoms with E-state index < -0.39 is 36.2 Å². The number of rotatable bonds is 8. The molecule has 1 saturated heterocycles. The minimum Gasteiger partial charge on any atom is -0.481 e. The quantitative estimate of drug-likeness (QED) is 0.498. The zero-order valence-electron chi connectivity index (χ0n) is 11.6. The number of likely N-dealkylation sites (tertiary alicyclic amines) is 1. The van der Waals surface area contributed by atoms with Gasteiger partial charge in [-0.3, -0.25) is 14.4 Å². The lowest BCUT2D eigenvalue weighted by Crippen LogP contribution is -2.45. The van der Waals surface area contributed by atoms with Crippen molar-refractivity contribution in [2.45, 2.75) is 18.9 Å². The average Bonchev–Trinajstić information content (AvgIpc) is 2.76. The zero-order valence-corrected chi connectivity index (χ0v) is 11.6. The fraction of sp³-hybridized carbons (Fsp3) is 0.667. The van der Waals surface area contributed by atoms with Gasteiger partial charge in [0.15, 0.2) is 0 Å². The number of ether oxygens (including phenoxy) is 1. The predicted octanol–water partition coefficient (Wildman–Crippen LogP) is -1.47. The Bertz CT molecular complexity index is 437. The summed E-state index contributed by atoms with van der Waals surface area (Å²) in [4.78, 5) is 46.5. The smallest absolute Gasteiger partial charge is 0.326 e. The fourth-order valence-electron chi connectivity index (χ4n) is 2.03. The molecule has 1 unspecified atom stereocenters. The summed E-state index contributed by atoms with van der Waals surface area (Å²) in [5, 5.41) is 19.6. The minimum absolute atomic E-state index is 0.0189. The lowest BCUT2D eigenvalue weighted by molar-refractivity contribution is -0.147. The van der Waals surface area contributed by atoms with Crippen molar-refractivity contribution >= 4 is 23.8 Å². The van der Waals surface area contributed by atoms with E-state index in [2.05, 4.69) is 5.32 Å². The van der Waals surface area contributed by atoms with Crippen LogP contribution in [-0.4, -0.2) is 71.7 Å². The molecule has 0 aromatic heterocycles. The second kappa shape index (κ2) is 7.58. The van der Waals surface area contributed by atoms with Crippen LogP contribution in [0.5, 0.6) is 0 Å². The van der Waals surface area contributed by atoms with Gasteiger partial charge in [-0.2, -0.15) is 0 Å². The van der Waals surface area contributed by atoms with E-state index >= 15 is 0 Å². The van der Waals surface area contributed by atoms with Gasteiger partial charge in [0.25, 0.3) is 0 Å². The van der Waals surface area contributed by atoms with Crippen LogP contribution in [0, 0.1) is 5.92 Å². The number of aliphatic carboxylic acids is 2. The number of hydrogen-bond acceptors (Lipinski definition) is 5. The number of carbonyl (C=O) groups is 4. The van der Waals surface area contributed by atoms with E-state index in [4.69, 9.17) is 14.9 Å². The number of nitrogens with one attached hydrogen (secondary N) is 1. The zero-order chi connectivity index (χ0) is 16.0. The number of carbonyl (C=O) groups excluding carboxylic acids is 2. The van der Waals surface area contributed by atoms with Crippen molar-refractivity contribution in [1.29, 1.82) is 0 Å². The molecule has 0 bridgehead atoms. The summed E-state index contributed by atoms with van der Waals surface area (Å²) in [6.07, 6.45) is -0.732. The molecule has 21 heavy (non-hydrogen) atoms. The van der Waals surface area contributed by atoms with Crippen LogP contribution < -0.4 is 5.32 Å². The summed E-state index contributed by atoms with van der Waals surface area (Å²) < 4.78 is 4.85. The summed E-state index contributed by atoms with van der Waals surface area (Å²) in [6, 6.07) is -1.50. The lowest BCUT2D eigenvalue weighted by Gasteiger charge is -2.17. The van der Waals surface area contributed by atoms with E-state index in [1.165, 1.54) is 12.0 Å². The van der Waals surface area contributed by atoms with Crippen molar-refractivity contribution in [3.8, 4) is 0 Å². The Hall–Kier alpha value is -2.16. The second-order valence-electron chi connectivity index (χ2n) is 4.73. The van der Waals surface area contributed by atoms with Crippen LogP contribution in [-0.2, 0) is 23.9 Å². The molecule has 0 saturated carbocycles. The third kappa shape index (κ3) is 5.03. The molecule has 1 heterocycles. The van der Waals surface area contributed by atoms with E-state index in [9.17, 15) is 19.2 Å². The number of amides is 2. The minimum atomic E-state index is -1.50. The second-order valence-corrected chi connectivity index (χ2v) is 4.73. The summed E-state index contributed by atoms with van der Waals surface area (Å²) in [5.41, 5.74) is 0. The Balaban J connectivity index is 2.57. The van der Waals surface area contributed by atoms with Gasteiger partial charge in [0.1, 0.15) is 6.04 Å². The molecule has 3 N–H and O–H groups in total. The molecule has 1 rings (SSSR count). The van der Waals surface area contributed by atoms with E-state index in [1.807, 2.05) is 0 Å². The van der Waals surface area contributed by atoms with Crippen molar-refractivity contribution in [3.63, 3.8) is 0 Å². The number of methoxy groups -OCH3 is 1. The van der Waals surface area contributed by atoms with E-state index in [0.717, 1.165) is 0 Å². The number of hydrogen-bond donors (Lipinski definition) is 3. The van der Waals surface area contributed by atoms with Gasteiger partial charge in [-0.05, 0) is 0 Å². The first kappa shape index (κ1) is 16.9. The topological polar surface area (TPSA) is 133 Å². The summed E-state index contributed by atoms with van der Waals surface area (Å²) in [5.74, 6) is -4.27. The van der Waals surface area contributed by atoms with Gasteiger partial charge in [-0.1, -0.05) is 0 Å². The molecular formula is C12H18N2O7. The Kier molecular flexibility index (Phi) is 6.10. The third-order valence-corrected chi connectivity index (χ3v) is 3.14. The molecule has 2 amide bonds. The van der Waals surface area contributed by atoms with E-state index in [1.54, 1.807) is 0 Å². The van der Waals surface area contributed by atoms with Gasteiger partial charge >= 0.3 is 11.9 Å². The molecular weight excluding hydrogens is 284 g/mol. The molecule has 118 valence electrons. The Morgan fingerprint density at radius 2 is 2.10 bits per heavy atom. The number of carboxylic acid groups (broad SMARTS) is 2. The highest BCUT2D eigenvalue weighted by atomic mass is 16.5. The Morgan fingerprint density at radius 1 is 1.43 bits per heavy atom. The molecule has 9 nitrogen and oxygen atoms in total. The van der Waals surface area contributed by atoms with Crippen LogP contribution in [0.15, 0.2) is 0 Å². The standard InChI is InChI=1S/C12H18N2O7/c1-21-3-2-14-6-7(4-9(14)15)11(18)13-8(12(19)20)5-10(16)17/h7-8H,2-6H2,1H3,(H,13,18)(H,16,17)(H,19,20)/t7?,8-/m0/s1. The van der Waals surface area contributed by atoms with Crippen LogP contribution in [0.25, 0.3) is 0 Å². The van der Waals surface area contributed by atoms with Crippen molar-refractivity contribution in [1.82, 2.24) is 10.2 Å². The molecule has 1 aliphatic heterocycles. The highest BCUT2D eigenvalue weighted by Gasteiger charge is 2.35. The van der Waals surface area contributed by atoms with Crippen LogP contribution in [0.3, 0.4) is 0 Å². The van der Waals surface area contributed by atoms with Crippen molar-refractivity contribution in [2.24, 2.45) is 5.92 Å². The molecule has 1 aliphatic rings. The van der Waals surface area contributed by atoms with Gasteiger partial charge < -0.3 is 25.2 Å². The molecule has 0 aromatic rings. The molecule has 9 heteroatoms. The van der Waals surface area contributed by atoms with Gasteiger partial charge in [0.05, 0.1) is 18.9 Å². The Labute approximate surface area is 120 Å². The van der Waals surface area contributed by atoms with Crippen molar-refractivity contribution < 1.29 is 34.1 Å². The molecule has 1 fully saturated rings. The lowest BCUT2D eigenvalue weighted by atomic mass is 10.1. The SMILES string of the molecule is COCCN1CC(C(=O)N[C@@H](CC(=O)O)C(=O)O)CC1=O. The first-order chi connectivity index (χ1) is 9.85. The van der Waals surface area contributed by atoms with Crippen molar-refractivity contribution in [3.05, 3.63) is 0 Å². The molecule has 2 atom stereocenters. The number of nitrogens with zero attached hydrogens (tertiary/aromatic N) is 1.